The standard InChI is InChI=1S/C16H22N4/c1-12(2)20-11-18-9-15(20)10-19-7-3-4-13-8-14(17)5-6-16(13)19/h5-6,8-9,11-12H,3-4,7,10,17H2,1-2H3. The number of hydrogen-bond acceptors (Lipinski definition) is 3. The Balaban J connectivity index is 1.88. The van der Waals surface area contributed by atoms with E-state index < -0.39 is 0 Å². The van der Waals surface area contributed by atoms with Crippen LogP contribution in [-0.2, 0) is 13.0 Å². The Bertz CT molecular complexity index is 600. The van der Waals surface area contributed by atoms with E-state index in [4.69, 9.17) is 5.73 Å². The molecule has 1 aliphatic heterocycles. The van der Waals surface area contributed by atoms with Gasteiger partial charge in [-0.15, -0.1) is 0 Å². The summed E-state index contributed by atoms with van der Waals surface area (Å²) in [5.41, 5.74) is 10.7. The van der Waals surface area contributed by atoms with Crippen molar-refractivity contribution in [2.45, 2.75) is 39.3 Å². The number of nitrogen functional groups attached to an aromatic ring is 1. The molecule has 0 saturated heterocycles. The van der Waals surface area contributed by atoms with Gasteiger partial charge in [0.25, 0.3) is 0 Å². The molecule has 1 aromatic heterocycles. The average molecular weight is 270 g/mol. The first-order valence-electron chi connectivity index (χ1n) is 7.29. The van der Waals surface area contributed by atoms with Crippen LogP contribution in [0.5, 0.6) is 0 Å². The molecule has 0 unspecified atom stereocenters. The van der Waals surface area contributed by atoms with Crippen LogP contribution in [0.4, 0.5) is 11.4 Å². The lowest BCUT2D eigenvalue weighted by Gasteiger charge is -2.32. The van der Waals surface area contributed by atoms with Crippen LogP contribution in [0.3, 0.4) is 0 Å². The van der Waals surface area contributed by atoms with E-state index in [2.05, 4.69) is 40.4 Å². The van der Waals surface area contributed by atoms with E-state index in [1.165, 1.54) is 23.4 Å². The van der Waals surface area contributed by atoms with E-state index >= 15 is 0 Å². The second-order valence-electron chi connectivity index (χ2n) is 5.80. The van der Waals surface area contributed by atoms with Gasteiger partial charge < -0.3 is 15.2 Å². The summed E-state index contributed by atoms with van der Waals surface area (Å²) in [7, 11) is 0. The molecule has 0 bridgehead atoms. The Morgan fingerprint density at radius 1 is 1.35 bits per heavy atom. The topological polar surface area (TPSA) is 47.1 Å². The lowest BCUT2D eigenvalue weighted by molar-refractivity contribution is 0.562. The number of nitrogens with zero attached hydrogens (tertiary/aromatic N) is 3. The monoisotopic (exact) mass is 270 g/mol. The number of benzene rings is 1. The van der Waals surface area contributed by atoms with Crippen LogP contribution < -0.4 is 10.6 Å². The summed E-state index contributed by atoms with van der Waals surface area (Å²) in [4.78, 5) is 6.73. The number of imidazole rings is 1. The van der Waals surface area contributed by atoms with Crippen molar-refractivity contribution in [3.05, 3.63) is 42.0 Å². The zero-order valence-electron chi connectivity index (χ0n) is 12.2. The molecule has 4 nitrogen and oxygen atoms in total. The van der Waals surface area contributed by atoms with Crippen molar-refractivity contribution < 1.29 is 0 Å². The van der Waals surface area contributed by atoms with Gasteiger partial charge in [-0.2, -0.15) is 0 Å². The second kappa shape index (κ2) is 5.19. The van der Waals surface area contributed by atoms with Crippen LogP contribution >= 0.6 is 0 Å². The van der Waals surface area contributed by atoms with E-state index in [9.17, 15) is 0 Å². The molecule has 2 aromatic rings. The molecular weight excluding hydrogens is 248 g/mol. The number of anilines is 2. The van der Waals surface area contributed by atoms with Crippen LogP contribution in [-0.4, -0.2) is 16.1 Å². The molecule has 106 valence electrons. The molecule has 0 amide bonds. The maximum absolute atomic E-state index is 5.89. The molecule has 0 fully saturated rings. The molecule has 2 N–H and O–H groups in total. The van der Waals surface area contributed by atoms with E-state index in [-0.39, 0.29) is 0 Å². The molecule has 20 heavy (non-hydrogen) atoms. The number of hydrogen-bond donors (Lipinski definition) is 1. The van der Waals surface area contributed by atoms with Gasteiger partial charge in [-0.05, 0) is 50.5 Å². The lowest BCUT2D eigenvalue weighted by atomic mass is 10.0. The van der Waals surface area contributed by atoms with Gasteiger partial charge in [-0.3, -0.25) is 0 Å². The highest BCUT2D eigenvalue weighted by molar-refractivity contribution is 5.61. The first-order valence-corrected chi connectivity index (χ1v) is 7.29. The van der Waals surface area contributed by atoms with Gasteiger partial charge in [0.15, 0.2) is 0 Å². The van der Waals surface area contributed by atoms with Gasteiger partial charge in [-0.25, -0.2) is 4.98 Å². The van der Waals surface area contributed by atoms with Crippen LogP contribution in [0.15, 0.2) is 30.7 Å². The Morgan fingerprint density at radius 3 is 3.00 bits per heavy atom. The predicted molar refractivity (Wildman–Crippen MR) is 82.8 cm³/mol. The van der Waals surface area contributed by atoms with Crippen LogP contribution in [0.25, 0.3) is 0 Å². The molecule has 3 rings (SSSR count). The summed E-state index contributed by atoms with van der Waals surface area (Å²) in [6.45, 7) is 6.39. The van der Waals surface area contributed by atoms with Crippen molar-refractivity contribution in [1.82, 2.24) is 9.55 Å². The van der Waals surface area contributed by atoms with E-state index in [0.29, 0.717) is 6.04 Å². The fourth-order valence-corrected chi connectivity index (χ4v) is 2.97. The Labute approximate surface area is 120 Å². The lowest BCUT2D eigenvalue weighted by Crippen LogP contribution is -2.30. The molecule has 2 heterocycles. The summed E-state index contributed by atoms with van der Waals surface area (Å²) in [5.74, 6) is 0. The molecule has 0 spiro atoms. The zero-order valence-corrected chi connectivity index (χ0v) is 12.2. The minimum absolute atomic E-state index is 0.447. The largest absolute Gasteiger partial charge is 0.399 e. The van der Waals surface area contributed by atoms with Crippen molar-refractivity contribution in [1.29, 1.82) is 0 Å². The molecular formula is C16H22N4. The molecule has 1 aliphatic rings. The number of nitrogens with two attached hydrogens (primary N) is 1. The summed E-state index contributed by atoms with van der Waals surface area (Å²) in [5, 5.41) is 0. The third-order valence-corrected chi connectivity index (χ3v) is 3.97. The summed E-state index contributed by atoms with van der Waals surface area (Å²) >= 11 is 0. The third kappa shape index (κ3) is 2.38. The maximum atomic E-state index is 5.89. The first-order chi connectivity index (χ1) is 9.65. The van der Waals surface area contributed by atoms with Crippen LogP contribution in [0, 0.1) is 0 Å². The quantitative estimate of drug-likeness (QED) is 0.872. The first kappa shape index (κ1) is 13.0. The number of rotatable bonds is 3. The maximum Gasteiger partial charge on any atom is 0.0951 e. The zero-order chi connectivity index (χ0) is 14.1. The molecule has 1 aromatic carbocycles. The summed E-state index contributed by atoms with van der Waals surface area (Å²) in [6, 6.07) is 6.71. The third-order valence-electron chi connectivity index (χ3n) is 3.97. The van der Waals surface area contributed by atoms with Gasteiger partial charge in [0.05, 0.1) is 18.6 Å². The number of aryl methyl sites for hydroxylation is 1. The highest BCUT2D eigenvalue weighted by atomic mass is 15.2. The van der Waals surface area contributed by atoms with Gasteiger partial charge in [0.2, 0.25) is 0 Å². The van der Waals surface area contributed by atoms with Crippen molar-refractivity contribution in [3.8, 4) is 0 Å². The molecule has 0 aliphatic carbocycles. The van der Waals surface area contributed by atoms with Gasteiger partial charge >= 0.3 is 0 Å². The summed E-state index contributed by atoms with van der Waals surface area (Å²) < 4.78 is 2.24. The second-order valence-corrected chi connectivity index (χ2v) is 5.80. The van der Waals surface area contributed by atoms with Gasteiger partial charge in [0.1, 0.15) is 0 Å². The molecule has 0 radical (unpaired) electrons. The van der Waals surface area contributed by atoms with Gasteiger partial charge in [0, 0.05) is 30.2 Å². The minimum atomic E-state index is 0.447. The number of aromatic nitrogens is 2. The van der Waals surface area contributed by atoms with Crippen molar-refractivity contribution >= 4 is 11.4 Å². The smallest absolute Gasteiger partial charge is 0.0951 e. The Morgan fingerprint density at radius 2 is 2.20 bits per heavy atom. The van der Waals surface area contributed by atoms with Crippen LogP contribution in [0.1, 0.15) is 37.6 Å². The van der Waals surface area contributed by atoms with Crippen LogP contribution in [0.2, 0.25) is 0 Å². The minimum Gasteiger partial charge on any atom is -0.399 e. The SMILES string of the molecule is CC(C)n1cncc1CN1CCCc2cc(N)ccc21. The van der Waals surface area contributed by atoms with E-state index in [1.54, 1.807) is 0 Å². The normalized spacial score (nSPS) is 14.7. The number of fused-ring (bicyclic) bond motifs is 1. The average Bonchev–Trinajstić information content (AvgIpc) is 2.87. The summed E-state index contributed by atoms with van der Waals surface area (Å²) in [6.07, 6.45) is 6.21. The van der Waals surface area contributed by atoms with Crippen molar-refractivity contribution in [3.63, 3.8) is 0 Å². The fraction of sp³-hybridized carbons (Fsp3) is 0.438. The Kier molecular flexibility index (Phi) is 3.38. The highest BCUT2D eigenvalue weighted by Crippen LogP contribution is 2.30. The predicted octanol–water partition coefficient (Wildman–Crippen LogP) is 3.00. The van der Waals surface area contributed by atoms with Gasteiger partial charge in [-0.1, -0.05) is 0 Å². The highest BCUT2D eigenvalue weighted by Gasteiger charge is 2.18. The van der Waals surface area contributed by atoms with E-state index in [1.807, 2.05) is 18.6 Å². The molecule has 4 heteroatoms. The van der Waals surface area contributed by atoms with E-state index in [0.717, 1.165) is 25.2 Å². The Hall–Kier alpha value is -1.97. The molecule has 0 saturated carbocycles. The fourth-order valence-electron chi connectivity index (χ4n) is 2.97. The molecule has 0 atom stereocenters. The van der Waals surface area contributed by atoms with Crippen molar-refractivity contribution in [2.24, 2.45) is 0 Å². The van der Waals surface area contributed by atoms with Crippen molar-refractivity contribution in [2.75, 3.05) is 17.2 Å².